The lowest BCUT2D eigenvalue weighted by molar-refractivity contribution is -0.146. The zero-order chi connectivity index (χ0) is 19.1. The van der Waals surface area contributed by atoms with Crippen molar-refractivity contribution >= 4 is 35.4 Å². The van der Waals surface area contributed by atoms with Gasteiger partial charge in [0.15, 0.2) is 23.3 Å². The van der Waals surface area contributed by atoms with Crippen molar-refractivity contribution in [3.05, 3.63) is 45.2 Å². The second-order valence-electron chi connectivity index (χ2n) is 5.91. The first-order valence-corrected chi connectivity index (χ1v) is 7.54. The van der Waals surface area contributed by atoms with E-state index in [1.165, 1.54) is 6.08 Å². The Bertz CT molecular complexity index is 762. The van der Waals surface area contributed by atoms with Crippen molar-refractivity contribution in [1.82, 2.24) is 0 Å². The molecule has 136 valence electrons. The van der Waals surface area contributed by atoms with Crippen LogP contribution in [0.15, 0.2) is 15.7 Å². The molecule has 2 atom stereocenters. The van der Waals surface area contributed by atoms with Gasteiger partial charge in [-0.2, -0.15) is 0 Å². The van der Waals surface area contributed by atoms with E-state index in [2.05, 4.69) is 9.99 Å². The molecule has 1 fully saturated rings. The van der Waals surface area contributed by atoms with Crippen LogP contribution in [0.4, 0.5) is 22.0 Å². The van der Waals surface area contributed by atoms with Crippen LogP contribution >= 0.6 is 23.2 Å². The Morgan fingerprint density at radius 2 is 1.52 bits per heavy atom. The maximum atomic E-state index is 13.4. The molecule has 0 N–H and O–H groups in total. The summed E-state index contributed by atoms with van der Waals surface area (Å²) in [5, 5.41) is 3.02. The van der Waals surface area contributed by atoms with E-state index < -0.39 is 52.0 Å². The summed E-state index contributed by atoms with van der Waals surface area (Å²) in [7, 11) is 0. The van der Waals surface area contributed by atoms with E-state index >= 15 is 0 Å². The summed E-state index contributed by atoms with van der Waals surface area (Å²) in [4.78, 5) is 16.4. The zero-order valence-electron chi connectivity index (χ0n) is 12.7. The lowest BCUT2D eigenvalue weighted by Gasteiger charge is -2.03. The number of carbonyl (C=O) groups excluding carboxylic acids is 1. The number of rotatable bonds is 4. The van der Waals surface area contributed by atoms with E-state index in [1.54, 1.807) is 13.8 Å². The molecule has 0 spiro atoms. The molecule has 10 heteroatoms. The Kier molecular flexibility index (Phi) is 5.44. The van der Waals surface area contributed by atoms with E-state index in [-0.39, 0.29) is 16.6 Å². The molecule has 1 saturated carbocycles. The average molecular weight is 402 g/mol. The monoisotopic (exact) mass is 401 g/mol. The minimum Gasteiger partial charge on any atom is -0.318 e. The molecular formula is C15H10Cl2F5NO2. The van der Waals surface area contributed by atoms with Gasteiger partial charge in [-0.3, -0.25) is 0 Å². The molecule has 0 saturated heterocycles. The molecular weight excluding hydrogens is 392 g/mol. The first-order valence-electron chi connectivity index (χ1n) is 6.78. The Hall–Kier alpha value is -1.67. The second-order valence-corrected chi connectivity index (χ2v) is 6.92. The Balaban J connectivity index is 2.15. The fourth-order valence-electron chi connectivity index (χ4n) is 2.50. The van der Waals surface area contributed by atoms with Crippen LogP contribution in [0.2, 0.25) is 0 Å². The molecule has 0 unspecified atom stereocenters. The summed E-state index contributed by atoms with van der Waals surface area (Å²) < 4.78 is 65.8. The van der Waals surface area contributed by atoms with E-state index in [0.717, 1.165) is 0 Å². The highest BCUT2D eigenvalue weighted by atomic mass is 35.5. The smallest absolute Gasteiger partial charge is 0.318 e. The molecule has 25 heavy (non-hydrogen) atoms. The van der Waals surface area contributed by atoms with Crippen LogP contribution in [0.3, 0.4) is 0 Å². The maximum absolute atomic E-state index is 13.4. The summed E-state index contributed by atoms with van der Waals surface area (Å²) >= 11 is 11.1. The van der Waals surface area contributed by atoms with Gasteiger partial charge in [0, 0.05) is 0 Å². The fraction of sp³-hybridized carbons (Fsp3) is 0.333. The van der Waals surface area contributed by atoms with Gasteiger partial charge >= 0.3 is 5.97 Å². The summed E-state index contributed by atoms with van der Waals surface area (Å²) in [5.41, 5.74) is -1.86. The number of hydrogen-bond donors (Lipinski definition) is 0. The largest absolute Gasteiger partial charge is 0.339 e. The van der Waals surface area contributed by atoms with Gasteiger partial charge in [0.1, 0.15) is 4.49 Å². The van der Waals surface area contributed by atoms with Gasteiger partial charge in [0.25, 0.3) is 0 Å². The van der Waals surface area contributed by atoms with Gasteiger partial charge in [-0.15, -0.1) is 0 Å². The van der Waals surface area contributed by atoms with Crippen LogP contribution in [0, 0.1) is 46.3 Å². The standard InChI is InChI=1S/C15H10Cl2F5NO2/c1-15(2)6(3-7(16)17)8(15)14(24)25-23-4-5-9(18)11(20)13(22)12(21)10(5)19/h3-4,6,8H,1-2H3/b23-4-/t6-,8+/m1/s1. The summed E-state index contributed by atoms with van der Waals surface area (Å²) in [6.45, 7) is 3.45. The predicted octanol–water partition coefficient (Wildman–Crippen LogP) is 4.85. The molecule has 0 aromatic heterocycles. The molecule has 2 rings (SSSR count). The van der Waals surface area contributed by atoms with Crippen LogP contribution < -0.4 is 0 Å². The molecule has 3 nitrogen and oxygen atoms in total. The average Bonchev–Trinajstić information content (AvgIpc) is 3.06. The summed E-state index contributed by atoms with van der Waals surface area (Å²) in [6, 6.07) is 0. The van der Waals surface area contributed by atoms with Gasteiger partial charge in [-0.25, -0.2) is 26.7 Å². The Morgan fingerprint density at radius 3 is 2.00 bits per heavy atom. The lowest BCUT2D eigenvalue weighted by atomic mass is 10.1. The number of halogens is 7. The summed E-state index contributed by atoms with van der Waals surface area (Å²) in [6.07, 6.45) is 1.67. The highest BCUT2D eigenvalue weighted by molar-refractivity contribution is 6.55. The third kappa shape index (κ3) is 3.64. The van der Waals surface area contributed by atoms with Crippen molar-refractivity contribution in [1.29, 1.82) is 0 Å². The topological polar surface area (TPSA) is 38.7 Å². The van der Waals surface area contributed by atoms with Gasteiger partial charge in [0.05, 0.1) is 17.7 Å². The Morgan fingerprint density at radius 1 is 1.04 bits per heavy atom. The molecule has 1 aromatic rings. The third-order valence-corrected chi connectivity index (χ3v) is 4.29. The molecule has 1 aromatic carbocycles. The van der Waals surface area contributed by atoms with Crippen molar-refractivity contribution < 1.29 is 31.6 Å². The molecule has 0 bridgehead atoms. The van der Waals surface area contributed by atoms with Crippen molar-refractivity contribution in [2.45, 2.75) is 13.8 Å². The first kappa shape index (κ1) is 19.7. The normalized spacial score (nSPS) is 21.3. The van der Waals surface area contributed by atoms with Crippen molar-refractivity contribution in [2.24, 2.45) is 22.4 Å². The van der Waals surface area contributed by atoms with Crippen LogP contribution in [-0.2, 0) is 9.63 Å². The van der Waals surface area contributed by atoms with E-state index in [4.69, 9.17) is 23.2 Å². The molecule has 1 aliphatic carbocycles. The number of carbonyl (C=O) groups is 1. The van der Waals surface area contributed by atoms with Crippen LogP contribution in [0.1, 0.15) is 19.4 Å². The molecule has 0 radical (unpaired) electrons. The number of nitrogens with zero attached hydrogens (tertiary/aromatic N) is 1. The molecule has 0 amide bonds. The van der Waals surface area contributed by atoms with E-state index in [1.807, 2.05) is 0 Å². The number of hydrogen-bond acceptors (Lipinski definition) is 3. The zero-order valence-corrected chi connectivity index (χ0v) is 14.2. The predicted molar refractivity (Wildman–Crippen MR) is 80.5 cm³/mol. The highest BCUT2D eigenvalue weighted by Crippen LogP contribution is 2.60. The van der Waals surface area contributed by atoms with Gasteiger partial charge < -0.3 is 4.84 Å². The fourth-order valence-corrected chi connectivity index (χ4v) is 2.77. The third-order valence-electron chi connectivity index (χ3n) is 4.04. The first-order chi connectivity index (χ1) is 11.5. The van der Waals surface area contributed by atoms with E-state index in [0.29, 0.717) is 0 Å². The van der Waals surface area contributed by atoms with Crippen molar-refractivity contribution in [2.75, 3.05) is 0 Å². The van der Waals surface area contributed by atoms with Crippen LogP contribution in [0.5, 0.6) is 0 Å². The molecule has 0 heterocycles. The quantitative estimate of drug-likeness (QED) is 0.180. The van der Waals surface area contributed by atoms with Crippen LogP contribution in [0.25, 0.3) is 0 Å². The van der Waals surface area contributed by atoms with Crippen molar-refractivity contribution in [3.63, 3.8) is 0 Å². The number of oxime groups is 1. The molecule has 0 aliphatic heterocycles. The second kappa shape index (κ2) is 6.92. The van der Waals surface area contributed by atoms with Gasteiger partial charge in [0.2, 0.25) is 5.82 Å². The number of benzene rings is 1. The van der Waals surface area contributed by atoms with Gasteiger partial charge in [-0.1, -0.05) is 42.2 Å². The van der Waals surface area contributed by atoms with E-state index in [9.17, 15) is 26.7 Å². The number of allylic oxidation sites excluding steroid dienone is 1. The maximum Gasteiger partial charge on any atom is 0.339 e. The summed E-state index contributed by atoms with van der Waals surface area (Å²) in [5.74, 6) is -12.6. The molecule has 1 aliphatic rings. The highest BCUT2D eigenvalue weighted by Gasteiger charge is 2.62. The Labute approximate surface area is 149 Å². The minimum absolute atomic E-state index is 0.0433. The minimum atomic E-state index is -2.29. The lowest BCUT2D eigenvalue weighted by Crippen LogP contribution is -2.09. The van der Waals surface area contributed by atoms with Crippen LogP contribution in [-0.4, -0.2) is 12.2 Å². The van der Waals surface area contributed by atoms with Gasteiger partial charge in [-0.05, 0) is 17.4 Å². The van der Waals surface area contributed by atoms with Crippen molar-refractivity contribution in [3.8, 4) is 0 Å². The SMILES string of the molecule is CC1(C)[C@H](C=C(Cl)Cl)[C@H]1C(=O)O/N=C\c1c(F)c(F)c(F)c(F)c1F.